The number of nitrogens with two attached hydrogens (primary N) is 1. The average molecular weight is 344 g/mol. The van der Waals surface area contributed by atoms with Gasteiger partial charge >= 0.3 is 0 Å². The second-order valence-electron chi connectivity index (χ2n) is 6.11. The SMILES string of the molecule is Cc1ccc(N)cc1C(=O)Nc1cc(F)ccc1OCC1CCCO1. The minimum atomic E-state index is -0.455. The third-order valence-electron chi connectivity index (χ3n) is 4.14. The molecule has 25 heavy (non-hydrogen) atoms. The highest BCUT2D eigenvalue weighted by atomic mass is 19.1. The molecule has 1 aliphatic rings. The lowest BCUT2D eigenvalue weighted by molar-refractivity contribution is 0.0681. The second kappa shape index (κ2) is 7.53. The van der Waals surface area contributed by atoms with Crippen LogP contribution in [0.2, 0.25) is 0 Å². The Morgan fingerprint density at radius 1 is 1.36 bits per heavy atom. The first-order chi connectivity index (χ1) is 12.0. The summed E-state index contributed by atoms with van der Waals surface area (Å²) in [5.41, 5.74) is 7.75. The fourth-order valence-corrected chi connectivity index (χ4v) is 2.76. The van der Waals surface area contributed by atoms with Crippen molar-refractivity contribution in [2.45, 2.75) is 25.9 Å². The molecule has 1 fully saturated rings. The highest BCUT2D eigenvalue weighted by molar-refractivity contribution is 6.06. The van der Waals surface area contributed by atoms with Gasteiger partial charge in [0.15, 0.2) is 0 Å². The summed E-state index contributed by atoms with van der Waals surface area (Å²) in [6.45, 7) is 2.91. The average Bonchev–Trinajstić information content (AvgIpc) is 3.10. The maximum Gasteiger partial charge on any atom is 0.256 e. The van der Waals surface area contributed by atoms with Crippen molar-refractivity contribution < 1.29 is 18.7 Å². The topological polar surface area (TPSA) is 73.6 Å². The van der Waals surface area contributed by atoms with E-state index in [1.165, 1.54) is 18.2 Å². The molecule has 3 rings (SSSR count). The van der Waals surface area contributed by atoms with Crippen LogP contribution in [0, 0.1) is 12.7 Å². The first-order valence-corrected chi connectivity index (χ1v) is 8.24. The molecule has 0 bridgehead atoms. The van der Waals surface area contributed by atoms with E-state index in [0.29, 0.717) is 23.6 Å². The van der Waals surface area contributed by atoms with Crippen molar-refractivity contribution in [1.29, 1.82) is 0 Å². The van der Waals surface area contributed by atoms with Crippen LogP contribution in [0.4, 0.5) is 15.8 Å². The van der Waals surface area contributed by atoms with Crippen molar-refractivity contribution in [2.24, 2.45) is 0 Å². The Labute approximate surface area is 145 Å². The summed E-state index contributed by atoms with van der Waals surface area (Å²) in [5, 5.41) is 2.71. The molecule has 132 valence electrons. The Hall–Kier alpha value is -2.60. The van der Waals surface area contributed by atoms with E-state index in [4.69, 9.17) is 15.2 Å². The van der Waals surface area contributed by atoms with E-state index in [1.54, 1.807) is 18.2 Å². The van der Waals surface area contributed by atoms with Gasteiger partial charge in [-0.1, -0.05) is 6.07 Å². The Balaban J connectivity index is 1.77. The highest BCUT2D eigenvalue weighted by Gasteiger charge is 2.18. The Kier molecular flexibility index (Phi) is 5.19. The van der Waals surface area contributed by atoms with Crippen LogP contribution in [0.25, 0.3) is 0 Å². The Morgan fingerprint density at radius 3 is 2.96 bits per heavy atom. The molecule has 2 aromatic rings. The van der Waals surface area contributed by atoms with E-state index in [1.807, 2.05) is 6.92 Å². The number of rotatable bonds is 5. The molecular formula is C19H21FN2O3. The van der Waals surface area contributed by atoms with Crippen molar-refractivity contribution in [2.75, 3.05) is 24.3 Å². The zero-order valence-corrected chi connectivity index (χ0v) is 14.0. The van der Waals surface area contributed by atoms with Crippen LogP contribution in [0.5, 0.6) is 5.75 Å². The molecule has 1 heterocycles. The van der Waals surface area contributed by atoms with Gasteiger partial charge in [0.05, 0.1) is 11.8 Å². The summed E-state index contributed by atoms with van der Waals surface area (Å²) in [7, 11) is 0. The van der Waals surface area contributed by atoms with Crippen molar-refractivity contribution in [3.8, 4) is 5.75 Å². The number of anilines is 2. The standard InChI is InChI=1S/C19H21FN2O3/c1-12-4-6-14(21)10-16(12)19(23)22-17-9-13(20)5-7-18(17)25-11-15-3-2-8-24-15/h4-7,9-10,15H,2-3,8,11,21H2,1H3,(H,22,23). The minimum absolute atomic E-state index is 0.0322. The molecule has 1 aliphatic heterocycles. The zero-order chi connectivity index (χ0) is 17.8. The third kappa shape index (κ3) is 4.28. The summed E-state index contributed by atoms with van der Waals surface area (Å²) in [4.78, 5) is 12.5. The Morgan fingerprint density at radius 2 is 2.20 bits per heavy atom. The second-order valence-corrected chi connectivity index (χ2v) is 6.11. The van der Waals surface area contributed by atoms with Gasteiger partial charge in [0, 0.05) is 23.9 Å². The smallest absolute Gasteiger partial charge is 0.256 e. The van der Waals surface area contributed by atoms with Gasteiger partial charge in [0.2, 0.25) is 0 Å². The number of benzene rings is 2. The van der Waals surface area contributed by atoms with Crippen LogP contribution < -0.4 is 15.8 Å². The van der Waals surface area contributed by atoms with E-state index in [-0.39, 0.29) is 17.7 Å². The number of ether oxygens (including phenoxy) is 2. The fourth-order valence-electron chi connectivity index (χ4n) is 2.76. The zero-order valence-electron chi connectivity index (χ0n) is 14.0. The van der Waals surface area contributed by atoms with Gasteiger partial charge in [-0.2, -0.15) is 0 Å². The molecule has 0 saturated carbocycles. The summed E-state index contributed by atoms with van der Waals surface area (Å²) in [5.74, 6) is -0.409. The molecule has 1 atom stereocenters. The lowest BCUT2D eigenvalue weighted by Crippen LogP contribution is -2.18. The predicted molar refractivity (Wildman–Crippen MR) is 94.4 cm³/mol. The molecule has 0 spiro atoms. The summed E-state index contributed by atoms with van der Waals surface area (Å²) in [6, 6.07) is 9.13. The number of amides is 1. The molecule has 0 aromatic heterocycles. The van der Waals surface area contributed by atoms with Gasteiger partial charge in [-0.3, -0.25) is 4.79 Å². The molecule has 3 N–H and O–H groups in total. The molecule has 2 aromatic carbocycles. The van der Waals surface area contributed by atoms with E-state index in [9.17, 15) is 9.18 Å². The van der Waals surface area contributed by atoms with Crippen molar-refractivity contribution in [3.05, 3.63) is 53.3 Å². The van der Waals surface area contributed by atoms with Crippen molar-refractivity contribution >= 4 is 17.3 Å². The van der Waals surface area contributed by atoms with Gasteiger partial charge in [-0.25, -0.2) is 4.39 Å². The van der Waals surface area contributed by atoms with Crippen LogP contribution >= 0.6 is 0 Å². The van der Waals surface area contributed by atoms with E-state index in [2.05, 4.69) is 5.32 Å². The van der Waals surface area contributed by atoms with Crippen LogP contribution in [0.3, 0.4) is 0 Å². The van der Waals surface area contributed by atoms with E-state index in [0.717, 1.165) is 25.0 Å². The Bertz CT molecular complexity index is 773. The van der Waals surface area contributed by atoms with E-state index < -0.39 is 5.82 Å². The van der Waals surface area contributed by atoms with Gasteiger partial charge in [0.1, 0.15) is 18.2 Å². The monoisotopic (exact) mass is 344 g/mol. The molecule has 1 amide bonds. The van der Waals surface area contributed by atoms with Gasteiger partial charge in [0.25, 0.3) is 5.91 Å². The number of nitrogens with one attached hydrogen (secondary N) is 1. The molecule has 1 saturated heterocycles. The number of hydrogen-bond acceptors (Lipinski definition) is 4. The molecule has 0 radical (unpaired) electrons. The lowest BCUT2D eigenvalue weighted by Gasteiger charge is -2.16. The van der Waals surface area contributed by atoms with Gasteiger partial charge < -0.3 is 20.5 Å². The number of aryl methyl sites for hydroxylation is 1. The number of halogens is 1. The van der Waals surface area contributed by atoms with Gasteiger partial charge in [-0.05, 0) is 49.6 Å². The molecular weight excluding hydrogens is 323 g/mol. The number of carbonyl (C=O) groups excluding carboxylic acids is 1. The summed E-state index contributed by atoms with van der Waals surface area (Å²) in [6.07, 6.45) is 1.98. The third-order valence-corrected chi connectivity index (χ3v) is 4.14. The van der Waals surface area contributed by atoms with Crippen molar-refractivity contribution in [3.63, 3.8) is 0 Å². The highest BCUT2D eigenvalue weighted by Crippen LogP contribution is 2.27. The fraction of sp³-hybridized carbons (Fsp3) is 0.316. The normalized spacial score (nSPS) is 16.6. The molecule has 5 nitrogen and oxygen atoms in total. The largest absolute Gasteiger partial charge is 0.489 e. The molecule has 0 aliphatic carbocycles. The van der Waals surface area contributed by atoms with Crippen LogP contribution in [-0.4, -0.2) is 25.2 Å². The number of nitrogen functional groups attached to an aromatic ring is 1. The number of carbonyl (C=O) groups is 1. The lowest BCUT2D eigenvalue weighted by atomic mass is 10.1. The quantitative estimate of drug-likeness (QED) is 0.814. The van der Waals surface area contributed by atoms with Gasteiger partial charge in [-0.15, -0.1) is 0 Å². The van der Waals surface area contributed by atoms with Crippen LogP contribution in [0.15, 0.2) is 36.4 Å². The first-order valence-electron chi connectivity index (χ1n) is 8.24. The number of hydrogen-bond donors (Lipinski definition) is 2. The summed E-state index contributed by atoms with van der Waals surface area (Å²) < 4.78 is 24.9. The van der Waals surface area contributed by atoms with Crippen LogP contribution in [-0.2, 0) is 4.74 Å². The minimum Gasteiger partial charge on any atom is -0.489 e. The predicted octanol–water partition coefficient (Wildman–Crippen LogP) is 3.53. The molecule has 1 unspecified atom stereocenters. The molecule has 6 heteroatoms. The maximum absolute atomic E-state index is 13.6. The van der Waals surface area contributed by atoms with Crippen LogP contribution in [0.1, 0.15) is 28.8 Å². The maximum atomic E-state index is 13.6. The summed E-state index contributed by atoms with van der Waals surface area (Å²) >= 11 is 0. The van der Waals surface area contributed by atoms with E-state index >= 15 is 0 Å². The first kappa shape index (κ1) is 17.2. The van der Waals surface area contributed by atoms with Crippen molar-refractivity contribution in [1.82, 2.24) is 0 Å².